The van der Waals surface area contributed by atoms with Gasteiger partial charge in [-0.1, -0.05) is 0 Å². The number of rotatable bonds is 4. The van der Waals surface area contributed by atoms with Gasteiger partial charge in [0.2, 0.25) is 5.95 Å². The SMILES string of the molecule is Cc1cc(C)nc(NNC(=O)c2nn(-c3ccc(F)c(F)c3)c3c2CCC3)n1. The molecule has 0 aliphatic heterocycles. The van der Waals surface area contributed by atoms with E-state index < -0.39 is 17.5 Å². The maximum absolute atomic E-state index is 13.6. The van der Waals surface area contributed by atoms with E-state index in [4.69, 9.17) is 0 Å². The van der Waals surface area contributed by atoms with Gasteiger partial charge in [0.05, 0.1) is 5.69 Å². The minimum absolute atomic E-state index is 0.245. The van der Waals surface area contributed by atoms with Crippen molar-refractivity contribution in [1.29, 1.82) is 0 Å². The number of amides is 1. The lowest BCUT2D eigenvalue weighted by Gasteiger charge is -2.08. The van der Waals surface area contributed by atoms with Crippen LogP contribution in [0, 0.1) is 25.5 Å². The number of fused-ring (bicyclic) bond motifs is 1. The molecule has 2 aromatic heterocycles. The smallest absolute Gasteiger partial charge is 0.266 e. The van der Waals surface area contributed by atoms with Gasteiger partial charge in [0, 0.05) is 28.7 Å². The highest BCUT2D eigenvalue weighted by Crippen LogP contribution is 2.28. The van der Waals surface area contributed by atoms with Crippen LogP contribution in [-0.2, 0) is 12.8 Å². The number of nitrogens with one attached hydrogen (secondary N) is 2. The topological polar surface area (TPSA) is 84.7 Å². The zero-order chi connectivity index (χ0) is 19.8. The highest BCUT2D eigenvalue weighted by atomic mass is 19.2. The van der Waals surface area contributed by atoms with Crippen molar-refractivity contribution in [1.82, 2.24) is 25.2 Å². The van der Waals surface area contributed by atoms with Gasteiger partial charge in [-0.25, -0.2) is 23.4 Å². The maximum atomic E-state index is 13.6. The highest BCUT2D eigenvalue weighted by Gasteiger charge is 2.27. The van der Waals surface area contributed by atoms with Crippen LogP contribution in [0.4, 0.5) is 14.7 Å². The number of aryl methyl sites for hydroxylation is 2. The Morgan fingerprint density at radius 2 is 1.82 bits per heavy atom. The monoisotopic (exact) mass is 384 g/mol. The van der Waals surface area contributed by atoms with Gasteiger partial charge < -0.3 is 0 Å². The first kappa shape index (κ1) is 18.0. The van der Waals surface area contributed by atoms with Crippen molar-refractivity contribution in [3.8, 4) is 5.69 Å². The van der Waals surface area contributed by atoms with Crippen LogP contribution in [0.25, 0.3) is 5.69 Å². The molecular formula is C19H18F2N6O. The first-order chi connectivity index (χ1) is 13.4. The number of hydrogen-bond donors (Lipinski definition) is 2. The number of anilines is 1. The molecule has 4 rings (SSSR count). The van der Waals surface area contributed by atoms with Gasteiger partial charge in [0.15, 0.2) is 17.3 Å². The van der Waals surface area contributed by atoms with E-state index in [1.54, 1.807) is 0 Å². The normalized spacial score (nSPS) is 12.7. The Bertz CT molecular complexity index is 1060. The summed E-state index contributed by atoms with van der Waals surface area (Å²) in [5.41, 5.74) is 9.07. The zero-order valence-corrected chi connectivity index (χ0v) is 15.4. The van der Waals surface area contributed by atoms with Crippen LogP contribution in [0.5, 0.6) is 0 Å². The van der Waals surface area contributed by atoms with Gasteiger partial charge in [0.1, 0.15) is 0 Å². The lowest BCUT2D eigenvalue weighted by molar-refractivity contribution is 0.0956. The first-order valence-electron chi connectivity index (χ1n) is 8.87. The lowest BCUT2D eigenvalue weighted by atomic mass is 10.2. The second-order valence-electron chi connectivity index (χ2n) is 6.69. The first-order valence-corrected chi connectivity index (χ1v) is 8.87. The molecule has 1 aromatic carbocycles. The highest BCUT2D eigenvalue weighted by molar-refractivity contribution is 5.94. The molecule has 9 heteroatoms. The largest absolute Gasteiger partial charge is 0.290 e. The van der Waals surface area contributed by atoms with Crippen LogP contribution in [0.1, 0.15) is 39.6 Å². The average Bonchev–Trinajstić information content (AvgIpc) is 3.24. The summed E-state index contributed by atoms with van der Waals surface area (Å²) in [4.78, 5) is 21.1. The Hall–Kier alpha value is -3.36. The number of nitrogens with zero attached hydrogens (tertiary/aromatic N) is 4. The standard InChI is InChI=1S/C19H18F2N6O/c1-10-8-11(2)23-19(22-10)25-24-18(28)17-13-4-3-5-16(13)27(26-17)12-6-7-14(20)15(21)9-12/h6-9H,3-5H2,1-2H3,(H,24,28)(H,22,23,25). The summed E-state index contributed by atoms with van der Waals surface area (Å²) in [7, 11) is 0. The van der Waals surface area contributed by atoms with Crippen LogP contribution in [0.2, 0.25) is 0 Å². The van der Waals surface area contributed by atoms with Gasteiger partial charge in [-0.2, -0.15) is 5.10 Å². The second-order valence-corrected chi connectivity index (χ2v) is 6.69. The van der Waals surface area contributed by atoms with Crippen molar-refractivity contribution in [3.05, 3.63) is 64.2 Å². The van der Waals surface area contributed by atoms with Crippen LogP contribution < -0.4 is 10.9 Å². The van der Waals surface area contributed by atoms with Crippen molar-refractivity contribution < 1.29 is 13.6 Å². The molecule has 144 valence electrons. The van der Waals surface area contributed by atoms with Crippen molar-refractivity contribution in [2.24, 2.45) is 0 Å². The number of carbonyl (C=O) groups is 1. The molecule has 0 radical (unpaired) electrons. The molecular weight excluding hydrogens is 366 g/mol. The third-order valence-electron chi connectivity index (χ3n) is 4.56. The van der Waals surface area contributed by atoms with Gasteiger partial charge in [0.25, 0.3) is 5.91 Å². The molecule has 0 fully saturated rings. The van der Waals surface area contributed by atoms with E-state index >= 15 is 0 Å². The van der Waals surface area contributed by atoms with Gasteiger partial charge in [-0.05, 0) is 51.3 Å². The number of aromatic nitrogens is 4. The van der Waals surface area contributed by atoms with Crippen LogP contribution in [-0.4, -0.2) is 25.7 Å². The van der Waals surface area contributed by atoms with E-state index in [9.17, 15) is 13.6 Å². The Kier molecular flexibility index (Phi) is 4.50. The number of hydrogen-bond acceptors (Lipinski definition) is 5. The zero-order valence-electron chi connectivity index (χ0n) is 15.4. The summed E-state index contributed by atoms with van der Waals surface area (Å²) in [6.07, 6.45) is 2.27. The lowest BCUT2D eigenvalue weighted by Crippen LogP contribution is -2.31. The van der Waals surface area contributed by atoms with Gasteiger partial charge in [-0.3, -0.25) is 15.6 Å². The minimum atomic E-state index is -0.959. The molecule has 1 amide bonds. The van der Waals surface area contributed by atoms with Crippen molar-refractivity contribution >= 4 is 11.9 Å². The Morgan fingerprint density at radius 3 is 2.54 bits per heavy atom. The Labute approximate surface area is 159 Å². The predicted octanol–water partition coefficient (Wildman–Crippen LogP) is 2.80. The third-order valence-corrected chi connectivity index (χ3v) is 4.56. The molecule has 1 aliphatic carbocycles. The van der Waals surface area contributed by atoms with E-state index in [1.165, 1.54) is 10.7 Å². The summed E-state index contributed by atoms with van der Waals surface area (Å²) < 4.78 is 28.4. The molecule has 0 spiro atoms. The molecule has 0 unspecified atom stereocenters. The van der Waals surface area contributed by atoms with Crippen molar-refractivity contribution in [2.45, 2.75) is 33.1 Å². The van der Waals surface area contributed by atoms with Crippen LogP contribution in [0.15, 0.2) is 24.3 Å². The van der Waals surface area contributed by atoms with E-state index in [-0.39, 0.29) is 11.6 Å². The quantitative estimate of drug-likeness (QED) is 0.676. The second kappa shape index (κ2) is 6.99. The molecule has 2 N–H and O–H groups in total. The fourth-order valence-corrected chi connectivity index (χ4v) is 3.40. The number of halogens is 2. The summed E-state index contributed by atoms with van der Waals surface area (Å²) >= 11 is 0. The van der Waals surface area contributed by atoms with Crippen molar-refractivity contribution in [3.63, 3.8) is 0 Å². The summed E-state index contributed by atoms with van der Waals surface area (Å²) in [6.45, 7) is 3.66. The fourth-order valence-electron chi connectivity index (χ4n) is 3.40. The van der Waals surface area contributed by atoms with Crippen LogP contribution >= 0.6 is 0 Å². The van der Waals surface area contributed by atoms with Crippen molar-refractivity contribution in [2.75, 3.05) is 5.43 Å². The molecule has 0 saturated carbocycles. The van der Waals surface area contributed by atoms with Gasteiger partial charge in [-0.15, -0.1) is 0 Å². The van der Waals surface area contributed by atoms with Crippen LogP contribution in [0.3, 0.4) is 0 Å². The molecule has 0 saturated heterocycles. The third kappa shape index (κ3) is 3.30. The molecule has 0 bridgehead atoms. The molecule has 3 aromatic rings. The molecule has 1 aliphatic rings. The maximum Gasteiger partial charge on any atom is 0.290 e. The van der Waals surface area contributed by atoms with Gasteiger partial charge >= 0.3 is 0 Å². The minimum Gasteiger partial charge on any atom is -0.266 e. The van der Waals surface area contributed by atoms with E-state index in [0.717, 1.165) is 41.2 Å². The molecule has 28 heavy (non-hydrogen) atoms. The van der Waals surface area contributed by atoms with E-state index in [2.05, 4.69) is 25.9 Å². The fraction of sp³-hybridized carbons (Fsp3) is 0.263. The van der Waals surface area contributed by atoms with E-state index in [1.807, 2.05) is 19.9 Å². The average molecular weight is 384 g/mol. The summed E-state index contributed by atoms with van der Waals surface area (Å²) in [5, 5.41) is 4.35. The Morgan fingerprint density at radius 1 is 1.07 bits per heavy atom. The number of hydrazine groups is 1. The Balaban J connectivity index is 1.61. The number of benzene rings is 1. The molecule has 2 heterocycles. The molecule has 0 atom stereocenters. The molecule has 7 nitrogen and oxygen atoms in total. The van der Waals surface area contributed by atoms with E-state index in [0.29, 0.717) is 18.5 Å². The number of carbonyl (C=O) groups excluding carboxylic acids is 1. The summed E-state index contributed by atoms with van der Waals surface area (Å²) in [5.74, 6) is -2.05. The predicted molar refractivity (Wildman–Crippen MR) is 98.1 cm³/mol. The summed E-state index contributed by atoms with van der Waals surface area (Å²) in [6, 6.07) is 5.38.